The Bertz CT molecular complexity index is 142. The number of rotatable bonds is 10. The van der Waals surface area contributed by atoms with Gasteiger partial charge in [-0.1, -0.05) is 20.8 Å². The molecule has 16 heavy (non-hydrogen) atoms. The molecule has 0 aromatic rings. The second-order valence-electron chi connectivity index (χ2n) is 5.35. The van der Waals surface area contributed by atoms with Crippen molar-refractivity contribution in [3.8, 4) is 0 Å². The van der Waals surface area contributed by atoms with Gasteiger partial charge in [-0.25, -0.2) is 0 Å². The van der Waals surface area contributed by atoms with Crippen molar-refractivity contribution in [1.29, 1.82) is 0 Å². The summed E-state index contributed by atoms with van der Waals surface area (Å²) in [6, 6.07) is 0. The summed E-state index contributed by atoms with van der Waals surface area (Å²) in [7, 11) is 0. The van der Waals surface area contributed by atoms with E-state index in [4.69, 9.17) is 5.73 Å². The van der Waals surface area contributed by atoms with E-state index < -0.39 is 0 Å². The van der Waals surface area contributed by atoms with Crippen LogP contribution in [0.1, 0.15) is 27.2 Å². The first kappa shape index (κ1) is 15.8. The Morgan fingerprint density at radius 2 is 1.19 bits per heavy atom. The Kier molecular flexibility index (Phi) is 9.92. The van der Waals surface area contributed by atoms with Crippen molar-refractivity contribution in [2.24, 2.45) is 11.1 Å². The first-order valence-electron chi connectivity index (χ1n) is 6.38. The average molecular weight is 230 g/mol. The van der Waals surface area contributed by atoms with Gasteiger partial charge < -0.3 is 21.7 Å². The van der Waals surface area contributed by atoms with Crippen LogP contribution in [0, 0.1) is 5.41 Å². The van der Waals surface area contributed by atoms with Crippen molar-refractivity contribution in [3.63, 3.8) is 0 Å². The highest BCUT2D eigenvalue weighted by molar-refractivity contribution is 4.63. The number of hydrogen-bond donors (Lipinski definition) is 4. The fraction of sp³-hybridized carbons (Fsp3) is 1.00. The molecule has 98 valence electrons. The maximum Gasteiger partial charge on any atom is 0.00772 e. The highest BCUT2D eigenvalue weighted by atomic mass is 15.0. The molecule has 0 spiro atoms. The van der Waals surface area contributed by atoms with E-state index in [1.807, 2.05) is 0 Å². The lowest BCUT2D eigenvalue weighted by Crippen LogP contribution is -2.34. The third-order valence-corrected chi connectivity index (χ3v) is 2.33. The van der Waals surface area contributed by atoms with Crippen molar-refractivity contribution >= 4 is 0 Å². The van der Waals surface area contributed by atoms with E-state index in [0.717, 1.165) is 39.3 Å². The minimum Gasteiger partial charge on any atom is -0.329 e. The molecule has 0 atom stereocenters. The van der Waals surface area contributed by atoms with Crippen LogP contribution in [0.15, 0.2) is 0 Å². The Balaban J connectivity index is 2.99. The molecule has 0 saturated heterocycles. The molecule has 0 aliphatic rings. The topological polar surface area (TPSA) is 62.1 Å². The van der Waals surface area contributed by atoms with Gasteiger partial charge >= 0.3 is 0 Å². The van der Waals surface area contributed by atoms with Gasteiger partial charge in [-0.2, -0.15) is 0 Å². The molecule has 0 aliphatic heterocycles. The Morgan fingerprint density at radius 1 is 0.750 bits per heavy atom. The Labute approximate surface area is 101 Å². The standard InChI is InChI=1S/C12H30N4/c1-12(2,3)4-6-14-8-10-16-11-9-15-7-5-13/h14-16H,4-11,13H2,1-3H3. The molecule has 0 unspecified atom stereocenters. The predicted molar refractivity (Wildman–Crippen MR) is 71.7 cm³/mol. The molecule has 0 fully saturated rings. The lowest BCUT2D eigenvalue weighted by molar-refractivity contribution is 0.367. The normalized spacial score (nSPS) is 12.0. The van der Waals surface area contributed by atoms with Crippen LogP contribution in [0.2, 0.25) is 0 Å². The highest BCUT2D eigenvalue weighted by Crippen LogP contribution is 2.16. The zero-order chi connectivity index (χ0) is 12.3. The second kappa shape index (κ2) is 10.0. The van der Waals surface area contributed by atoms with Crippen LogP contribution < -0.4 is 21.7 Å². The van der Waals surface area contributed by atoms with Crippen LogP contribution in [-0.2, 0) is 0 Å². The van der Waals surface area contributed by atoms with Crippen LogP contribution in [0.3, 0.4) is 0 Å². The molecule has 4 heteroatoms. The summed E-state index contributed by atoms with van der Waals surface area (Å²) in [5.74, 6) is 0. The van der Waals surface area contributed by atoms with Crippen molar-refractivity contribution in [2.45, 2.75) is 27.2 Å². The predicted octanol–water partition coefficient (Wildman–Crippen LogP) is 0.150. The molecular formula is C12H30N4. The molecule has 5 N–H and O–H groups in total. The summed E-state index contributed by atoms with van der Waals surface area (Å²) >= 11 is 0. The van der Waals surface area contributed by atoms with E-state index in [2.05, 4.69) is 36.7 Å². The highest BCUT2D eigenvalue weighted by Gasteiger charge is 2.08. The van der Waals surface area contributed by atoms with Crippen molar-refractivity contribution in [1.82, 2.24) is 16.0 Å². The van der Waals surface area contributed by atoms with Crippen LogP contribution in [0.4, 0.5) is 0 Å². The monoisotopic (exact) mass is 230 g/mol. The maximum absolute atomic E-state index is 5.37. The van der Waals surface area contributed by atoms with Crippen molar-refractivity contribution < 1.29 is 0 Å². The van der Waals surface area contributed by atoms with Gasteiger partial charge in [0.2, 0.25) is 0 Å². The summed E-state index contributed by atoms with van der Waals surface area (Å²) in [6.45, 7) is 13.7. The zero-order valence-corrected chi connectivity index (χ0v) is 11.2. The van der Waals surface area contributed by atoms with Gasteiger partial charge in [0.25, 0.3) is 0 Å². The van der Waals surface area contributed by atoms with E-state index in [-0.39, 0.29) is 0 Å². The van der Waals surface area contributed by atoms with Crippen molar-refractivity contribution in [3.05, 3.63) is 0 Å². The number of hydrogen-bond acceptors (Lipinski definition) is 4. The molecule has 0 saturated carbocycles. The summed E-state index contributed by atoms with van der Waals surface area (Å²) in [6.07, 6.45) is 1.23. The van der Waals surface area contributed by atoms with Crippen LogP contribution >= 0.6 is 0 Å². The van der Waals surface area contributed by atoms with Crippen LogP contribution in [0.5, 0.6) is 0 Å². The molecule has 0 heterocycles. The maximum atomic E-state index is 5.37. The lowest BCUT2D eigenvalue weighted by Gasteiger charge is -2.18. The van der Waals surface area contributed by atoms with Gasteiger partial charge in [-0.05, 0) is 18.4 Å². The fourth-order valence-electron chi connectivity index (χ4n) is 1.29. The van der Waals surface area contributed by atoms with E-state index in [9.17, 15) is 0 Å². The molecule has 0 amide bonds. The third kappa shape index (κ3) is 13.8. The third-order valence-electron chi connectivity index (χ3n) is 2.33. The molecule has 0 rings (SSSR count). The molecule has 0 aromatic heterocycles. The van der Waals surface area contributed by atoms with Gasteiger partial charge in [0.1, 0.15) is 0 Å². The van der Waals surface area contributed by atoms with E-state index >= 15 is 0 Å². The van der Waals surface area contributed by atoms with E-state index in [0.29, 0.717) is 12.0 Å². The summed E-state index contributed by atoms with van der Waals surface area (Å²) in [5, 5.41) is 10.1. The molecule has 0 aromatic carbocycles. The molecule has 0 bridgehead atoms. The molecular weight excluding hydrogens is 200 g/mol. The number of nitrogens with two attached hydrogens (primary N) is 1. The van der Waals surface area contributed by atoms with Gasteiger partial charge in [0, 0.05) is 39.3 Å². The largest absolute Gasteiger partial charge is 0.329 e. The van der Waals surface area contributed by atoms with E-state index in [1.165, 1.54) is 6.42 Å². The Hall–Kier alpha value is -0.160. The quantitative estimate of drug-likeness (QED) is 0.404. The van der Waals surface area contributed by atoms with Gasteiger partial charge in [-0.15, -0.1) is 0 Å². The SMILES string of the molecule is CC(C)(C)CCNCCNCCNCCN. The Morgan fingerprint density at radius 3 is 1.62 bits per heavy atom. The van der Waals surface area contributed by atoms with Gasteiger partial charge in [-0.3, -0.25) is 0 Å². The number of nitrogens with one attached hydrogen (secondary N) is 3. The lowest BCUT2D eigenvalue weighted by atomic mass is 9.92. The second-order valence-corrected chi connectivity index (χ2v) is 5.35. The van der Waals surface area contributed by atoms with Crippen LogP contribution in [0.25, 0.3) is 0 Å². The molecule has 0 radical (unpaired) electrons. The zero-order valence-electron chi connectivity index (χ0n) is 11.2. The first-order valence-corrected chi connectivity index (χ1v) is 6.38. The minimum absolute atomic E-state index is 0.437. The molecule has 4 nitrogen and oxygen atoms in total. The molecule has 0 aliphatic carbocycles. The summed E-state index contributed by atoms with van der Waals surface area (Å²) in [5.41, 5.74) is 5.80. The first-order chi connectivity index (χ1) is 7.56. The summed E-state index contributed by atoms with van der Waals surface area (Å²) in [4.78, 5) is 0. The van der Waals surface area contributed by atoms with Gasteiger partial charge in [0.05, 0.1) is 0 Å². The smallest absolute Gasteiger partial charge is 0.00772 e. The minimum atomic E-state index is 0.437. The van der Waals surface area contributed by atoms with Crippen LogP contribution in [-0.4, -0.2) is 45.8 Å². The van der Waals surface area contributed by atoms with Crippen molar-refractivity contribution in [2.75, 3.05) is 45.8 Å². The fourth-order valence-corrected chi connectivity index (χ4v) is 1.29. The van der Waals surface area contributed by atoms with E-state index in [1.54, 1.807) is 0 Å². The van der Waals surface area contributed by atoms with Gasteiger partial charge in [0.15, 0.2) is 0 Å². The average Bonchev–Trinajstić information content (AvgIpc) is 2.19. The summed E-state index contributed by atoms with van der Waals surface area (Å²) < 4.78 is 0.